The van der Waals surface area contributed by atoms with Gasteiger partial charge in [0.05, 0.1) is 4.47 Å². The normalized spacial score (nSPS) is 10.6. The second-order valence-corrected chi connectivity index (χ2v) is 3.91. The first kappa shape index (κ1) is 11.0. The molecule has 0 aliphatic heterocycles. The lowest BCUT2D eigenvalue weighted by Crippen LogP contribution is -2.29. The molecule has 0 unspecified atom stereocenters. The number of carbonyl (C=O) groups excluding carboxylic acids is 1. The van der Waals surface area contributed by atoms with E-state index >= 15 is 0 Å². The summed E-state index contributed by atoms with van der Waals surface area (Å²) in [5.74, 6) is 0.104. The third-order valence-corrected chi connectivity index (χ3v) is 2.20. The lowest BCUT2D eigenvalue weighted by molar-refractivity contribution is 0.0944. The summed E-state index contributed by atoms with van der Waals surface area (Å²) in [5.41, 5.74) is 5.27. The Balaban J connectivity index is 2.28. The zero-order chi connectivity index (χ0) is 11.5. The lowest BCUT2D eigenvalue weighted by Gasteiger charge is -1.97. The molecule has 0 aliphatic rings. The molecule has 0 aromatic carbocycles. The van der Waals surface area contributed by atoms with Crippen molar-refractivity contribution >= 4 is 27.6 Å². The molecule has 1 amide bonds. The van der Waals surface area contributed by atoms with Crippen LogP contribution in [0.25, 0.3) is 5.78 Å². The molecule has 0 saturated heterocycles. The number of carbonyl (C=O) groups is 1. The van der Waals surface area contributed by atoms with Crippen LogP contribution < -0.4 is 11.1 Å². The van der Waals surface area contributed by atoms with Crippen LogP contribution in [0.15, 0.2) is 16.9 Å². The third kappa shape index (κ3) is 2.17. The van der Waals surface area contributed by atoms with Crippen molar-refractivity contribution in [1.82, 2.24) is 24.9 Å². The minimum absolute atomic E-state index is 0.0825. The van der Waals surface area contributed by atoms with Crippen LogP contribution in [-0.2, 0) is 0 Å². The van der Waals surface area contributed by atoms with E-state index in [-0.39, 0.29) is 11.7 Å². The van der Waals surface area contributed by atoms with E-state index in [2.05, 4.69) is 36.3 Å². The van der Waals surface area contributed by atoms with Crippen LogP contribution >= 0.6 is 15.9 Å². The molecule has 84 valence electrons. The van der Waals surface area contributed by atoms with Crippen LogP contribution in [0, 0.1) is 0 Å². The van der Waals surface area contributed by atoms with Gasteiger partial charge < -0.3 is 11.1 Å². The van der Waals surface area contributed by atoms with Crippen molar-refractivity contribution in [2.75, 3.05) is 13.1 Å². The van der Waals surface area contributed by atoms with Crippen molar-refractivity contribution in [2.24, 2.45) is 5.73 Å². The number of nitrogens with one attached hydrogen (secondary N) is 1. The number of amides is 1. The number of halogens is 1. The summed E-state index contributed by atoms with van der Waals surface area (Å²) in [6.07, 6.45) is 3.26. The van der Waals surface area contributed by atoms with E-state index in [0.717, 1.165) is 4.47 Å². The molecule has 0 atom stereocenters. The van der Waals surface area contributed by atoms with Crippen molar-refractivity contribution in [1.29, 1.82) is 0 Å². The number of aromatic nitrogens is 4. The fraction of sp³-hybridized carbons (Fsp3) is 0.250. The number of rotatable bonds is 3. The van der Waals surface area contributed by atoms with Crippen molar-refractivity contribution in [3.05, 3.63) is 22.7 Å². The maximum Gasteiger partial charge on any atom is 0.291 e. The molecule has 0 radical (unpaired) electrons. The monoisotopic (exact) mass is 284 g/mol. The van der Waals surface area contributed by atoms with Gasteiger partial charge >= 0.3 is 0 Å². The Bertz CT molecular complexity index is 524. The summed E-state index contributed by atoms with van der Waals surface area (Å²) in [4.78, 5) is 19.5. The average molecular weight is 285 g/mol. The highest BCUT2D eigenvalue weighted by Crippen LogP contribution is 2.07. The predicted octanol–water partition coefficient (Wildman–Crippen LogP) is -0.425. The Morgan fingerprint density at radius 1 is 1.62 bits per heavy atom. The average Bonchev–Trinajstić information content (AvgIpc) is 2.68. The van der Waals surface area contributed by atoms with E-state index in [1.54, 1.807) is 12.4 Å². The van der Waals surface area contributed by atoms with Crippen molar-refractivity contribution < 1.29 is 4.79 Å². The molecule has 0 bridgehead atoms. The van der Waals surface area contributed by atoms with Gasteiger partial charge in [-0.25, -0.2) is 9.50 Å². The maximum atomic E-state index is 11.5. The SMILES string of the molecule is NCCNC(=O)c1nc2ncc(Br)cn2n1. The van der Waals surface area contributed by atoms with Gasteiger partial charge in [-0.2, -0.15) is 4.98 Å². The Hall–Kier alpha value is -1.54. The van der Waals surface area contributed by atoms with Crippen molar-refractivity contribution in [3.8, 4) is 0 Å². The van der Waals surface area contributed by atoms with Crippen LogP contribution in [0.4, 0.5) is 0 Å². The molecule has 0 spiro atoms. The van der Waals surface area contributed by atoms with Gasteiger partial charge in [-0.15, -0.1) is 5.10 Å². The van der Waals surface area contributed by atoms with Gasteiger partial charge in [-0.1, -0.05) is 0 Å². The highest BCUT2D eigenvalue weighted by Gasteiger charge is 2.12. The number of nitrogens with zero attached hydrogens (tertiary/aromatic N) is 4. The number of fused-ring (bicyclic) bond motifs is 1. The van der Waals surface area contributed by atoms with Crippen LogP contribution in [0.5, 0.6) is 0 Å². The standard InChI is InChI=1S/C8H9BrN6O/c9-5-3-12-8-13-6(14-15(8)4-5)7(16)11-2-1-10/h3-4H,1-2,10H2,(H,11,16). The van der Waals surface area contributed by atoms with Crippen LogP contribution in [-0.4, -0.2) is 38.6 Å². The molecule has 8 heteroatoms. The fourth-order valence-corrected chi connectivity index (χ4v) is 1.42. The fourth-order valence-electron chi connectivity index (χ4n) is 1.12. The van der Waals surface area contributed by atoms with Gasteiger partial charge in [0, 0.05) is 25.5 Å². The second-order valence-electron chi connectivity index (χ2n) is 3.00. The zero-order valence-corrected chi connectivity index (χ0v) is 9.81. The quantitative estimate of drug-likeness (QED) is 0.797. The molecule has 7 nitrogen and oxygen atoms in total. The first-order chi connectivity index (χ1) is 7.70. The Morgan fingerprint density at radius 2 is 2.44 bits per heavy atom. The minimum Gasteiger partial charge on any atom is -0.348 e. The van der Waals surface area contributed by atoms with E-state index < -0.39 is 0 Å². The molecule has 0 saturated carbocycles. The summed E-state index contributed by atoms with van der Waals surface area (Å²) < 4.78 is 2.19. The molecule has 0 fully saturated rings. The van der Waals surface area contributed by atoms with Gasteiger partial charge in [-0.05, 0) is 15.9 Å². The van der Waals surface area contributed by atoms with Crippen LogP contribution in [0.3, 0.4) is 0 Å². The summed E-state index contributed by atoms with van der Waals surface area (Å²) in [6.45, 7) is 0.772. The van der Waals surface area contributed by atoms with Gasteiger partial charge in [0.1, 0.15) is 0 Å². The van der Waals surface area contributed by atoms with E-state index in [1.807, 2.05) is 0 Å². The first-order valence-electron chi connectivity index (χ1n) is 4.57. The van der Waals surface area contributed by atoms with E-state index in [1.165, 1.54) is 4.52 Å². The number of nitrogens with two attached hydrogens (primary N) is 1. The Kier molecular flexibility index (Phi) is 3.11. The summed E-state index contributed by atoms with van der Waals surface area (Å²) in [7, 11) is 0. The maximum absolute atomic E-state index is 11.5. The minimum atomic E-state index is -0.355. The number of hydrogen-bond acceptors (Lipinski definition) is 5. The Morgan fingerprint density at radius 3 is 3.19 bits per heavy atom. The molecular formula is C8H9BrN6O. The molecule has 0 aliphatic carbocycles. The van der Waals surface area contributed by atoms with Gasteiger partial charge in [0.2, 0.25) is 5.82 Å². The third-order valence-electron chi connectivity index (χ3n) is 1.80. The second kappa shape index (κ2) is 4.54. The largest absolute Gasteiger partial charge is 0.348 e. The Labute approximate surface area is 99.2 Å². The zero-order valence-electron chi connectivity index (χ0n) is 8.22. The summed E-state index contributed by atoms with van der Waals surface area (Å²) in [5, 5.41) is 6.57. The predicted molar refractivity (Wildman–Crippen MR) is 59.9 cm³/mol. The number of hydrogen-bond donors (Lipinski definition) is 2. The van der Waals surface area contributed by atoms with Gasteiger partial charge in [0.25, 0.3) is 11.7 Å². The molecule has 2 aromatic rings. The first-order valence-corrected chi connectivity index (χ1v) is 5.36. The smallest absolute Gasteiger partial charge is 0.291 e. The van der Waals surface area contributed by atoms with Crippen LogP contribution in [0.2, 0.25) is 0 Å². The molecule has 2 heterocycles. The lowest BCUT2D eigenvalue weighted by atomic mass is 10.5. The van der Waals surface area contributed by atoms with E-state index in [9.17, 15) is 4.79 Å². The van der Waals surface area contributed by atoms with E-state index in [0.29, 0.717) is 18.9 Å². The van der Waals surface area contributed by atoms with E-state index in [4.69, 9.17) is 5.73 Å². The molecule has 2 aromatic heterocycles. The molecular weight excluding hydrogens is 276 g/mol. The topological polar surface area (TPSA) is 98.2 Å². The molecule has 16 heavy (non-hydrogen) atoms. The van der Waals surface area contributed by atoms with Crippen molar-refractivity contribution in [3.63, 3.8) is 0 Å². The molecule has 2 rings (SSSR count). The highest BCUT2D eigenvalue weighted by molar-refractivity contribution is 9.10. The summed E-state index contributed by atoms with van der Waals surface area (Å²) >= 11 is 3.25. The van der Waals surface area contributed by atoms with Crippen molar-refractivity contribution in [2.45, 2.75) is 0 Å². The van der Waals surface area contributed by atoms with Gasteiger partial charge in [0.15, 0.2) is 0 Å². The van der Waals surface area contributed by atoms with Gasteiger partial charge in [-0.3, -0.25) is 4.79 Å². The summed E-state index contributed by atoms with van der Waals surface area (Å²) in [6, 6.07) is 0. The highest BCUT2D eigenvalue weighted by atomic mass is 79.9. The van der Waals surface area contributed by atoms with Crippen LogP contribution in [0.1, 0.15) is 10.6 Å². The molecule has 3 N–H and O–H groups in total.